The molecule has 14 heavy (non-hydrogen) atoms. The minimum absolute atomic E-state index is 0.828. The highest BCUT2D eigenvalue weighted by atomic mass is 14.9. The third kappa shape index (κ3) is 1.59. The number of aryl methyl sites for hydroxylation is 1. The van der Waals surface area contributed by atoms with Crippen molar-refractivity contribution in [2.75, 3.05) is 0 Å². The summed E-state index contributed by atoms with van der Waals surface area (Å²) in [6.45, 7) is 6.07. The molecule has 2 nitrogen and oxygen atoms in total. The van der Waals surface area contributed by atoms with E-state index in [1.165, 1.54) is 5.56 Å². The van der Waals surface area contributed by atoms with Gasteiger partial charge in [0, 0.05) is 18.0 Å². The molecule has 2 heteroatoms. The molecule has 2 rings (SSSR count). The number of aromatic nitrogens is 2. The number of nitrogens with zero attached hydrogens (tertiary/aromatic N) is 1. The van der Waals surface area contributed by atoms with Crippen LogP contribution < -0.4 is 0 Å². The molecule has 1 N–H and O–H groups in total. The maximum absolute atomic E-state index is 4.16. The van der Waals surface area contributed by atoms with Gasteiger partial charge in [-0.1, -0.05) is 36.4 Å². The lowest BCUT2D eigenvalue weighted by Gasteiger charge is -2.02. The lowest BCUT2D eigenvalue weighted by molar-refractivity contribution is 1.24. The van der Waals surface area contributed by atoms with Crippen molar-refractivity contribution in [3.63, 3.8) is 0 Å². The van der Waals surface area contributed by atoms with E-state index in [1.54, 1.807) is 12.4 Å². The van der Waals surface area contributed by atoms with Crippen molar-refractivity contribution in [3.8, 4) is 0 Å². The van der Waals surface area contributed by atoms with E-state index in [2.05, 4.69) is 47.7 Å². The first-order valence-corrected chi connectivity index (χ1v) is 4.53. The van der Waals surface area contributed by atoms with Gasteiger partial charge < -0.3 is 4.98 Å². The topological polar surface area (TPSA) is 28.7 Å². The third-order valence-corrected chi connectivity index (χ3v) is 2.18. The first-order chi connectivity index (χ1) is 6.77. The zero-order valence-electron chi connectivity index (χ0n) is 8.12. The molecule has 70 valence electrons. The van der Waals surface area contributed by atoms with Crippen LogP contribution in [0.1, 0.15) is 17.0 Å². The SMILES string of the molecule is C=C(c1ccc(C)cc1)c1ncc[nH]1. The van der Waals surface area contributed by atoms with E-state index in [0.717, 1.165) is 17.0 Å². The summed E-state index contributed by atoms with van der Waals surface area (Å²) in [7, 11) is 0. The van der Waals surface area contributed by atoms with Gasteiger partial charge in [-0.3, -0.25) is 0 Å². The maximum Gasteiger partial charge on any atom is 0.137 e. The van der Waals surface area contributed by atoms with Crippen molar-refractivity contribution in [1.82, 2.24) is 9.97 Å². The molecule has 0 atom stereocenters. The second-order valence-electron chi connectivity index (χ2n) is 3.28. The number of rotatable bonds is 2. The van der Waals surface area contributed by atoms with Crippen molar-refractivity contribution in [2.45, 2.75) is 6.92 Å². The molecular weight excluding hydrogens is 172 g/mol. The lowest BCUT2D eigenvalue weighted by Crippen LogP contribution is -1.88. The molecule has 0 aliphatic carbocycles. The van der Waals surface area contributed by atoms with Crippen LogP contribution in [0, 0.1) is 6.92 Å². The maximum atomic E-state index is 4.16. The Morgan fingerprint density at radius 2 is 2.00 bits per heavy atom. The molecule has 0 unspecified atom stereocenters. The van der Waals surface area contributed by atoms with E-state index in [1.807, 2.05) is 0 Å². The Morgan fingerprint density at radius 3 is 2.57 bits per heavy atom. The molecule has 0 spiro atoms. The van der Waals surface area contributed by atoms with Crippen LogP contribution in [0.5, 0.6) is 0 Å². The highest BCUT2D eigenvalue weighted by Crippen LogP contribution is 2.18. The number of nitrogens with one attached hydrogen (secondary N) is 1. The first kappa shape index (κ1) is 8.75. The summed E-state index contributed by atoms with van der Waals surface area (Å²) < 4.78 is 0. The monoisotopic (exact) mass is 184 g/mol. The van der Waals surface area contributed by atoms with Crippen LogP contribution in [0.25, 0.3) is 5.57 Å². The Balaban J connectivity index is 2.33. The van der Waals surface area contributed by atoms with Crippen LogP contribution in [0.2, 0.25) is 0 Å². The number of hydrogen-bond acceptors (Lipinski definition) is 1. The van der Waals surface area contributed by atoms with Crippen LogP contribution in [-0.4, -0.2) is 9.97 Å². The average Bonchev–Trinajstić information content (AvgIpc) is 2.71. The predicted octanol–water partition coefficient (Wildman–Crippen LogP) is 2.78. The Kier molecular flexibility index (Phi) is 2.19. The Hall–Kier alpha value is -1.83. The minimum atomic E-state index is 0.828. The summed E-state index contributed by atoms with van der Waals surface area (Å²) in [6.07, 6.45) is 3.53. The largest absolute Gasteiger partial charge is 0.345 e. The molecule has 1 aromatic carbocycles. The highest BCUT2D eigenvalue weighted by Gasteiger charge is 2.02. The molecule has 0 amide bonds. The van der Waals surface area contributed by atoms with E-state index in [0.29, 0.717) is 0 Å². The number of hydrogen-bond donors (Lipinski definition) is 1. The van der Waals surface area contributed by atoms with Crippen LogP contribution >= 0.6 is 0 Å². The molecule has 0 radical (unpaired) electrons. The van der Waals surface area contributed by atoms with Crippen molar-refractivity contribution in [3.05, 3.63) is 60.2 Å². The van der Waals surface area contributed by atoms with E-state index in [-0.39, 0.29) is 0 Å². The summed E-state index contributed by atoms with van der Waals surface area (Å²) >= 11 is 0. The fourth-order valence-electron chi connectivity index (χ4n) is 1.32. The van der Waals surface area contributed by atoms with Gasteiger partial charge in [-0.15, -0.1) is 0 Å². The number of imidazole rings is 1. The van der Waals surface area contributed by atoms with Gasteiger partial charge >= 0.3 is 0 Å². The van der Waals surface area contributed by atoms with Gasteiger partial charge in [0.2, 0.25) is 0 Å². The zero-order valence-corrected chi connectivity index (χ0v) is 8.12. The van der Waals surface area contributed by atoms with Gasteiger partial charge in [-0.2, -0.15) is 0 Å². The second kappa shape index (κ2) is 3.50. The van der Waals surface area contributed by atoms with Crippen molar-refractivity contribution in [2.24, 2.45) is 0 Å². The van der Waals surface area contributed by atoms with Crippen LogP contribution in [0.15, 0.2) is 43.2 Å². The minimum Gasteiger partial charge on any atom is -0.345 e. The Bertz CT molecular complexity index is 424. The molecule has 1 heterocycles. The van der Waals surface area contributed by atoms with Gasteiger partial charge in [-0.05, 0) is 12.5 Å². The molecule has 1 aromatic heterocycles. The van der Waals surface area contributed by atoms with Crippen LogP contribution in [0.3, 0.4) is 0 Å². The summed E-state index contributed by atoms with van der Waals surface area (Å²) in [6, 6.07) is 8.26. The average molecular weight is 184 g/mol. The second-order valence-corrected chi connectivity index (χ2v) is 3.28. The fourth-order valence-corrected chi connectivity index (χ4v) is 1.32. The fraction of sp³-hybridized carbons (Fsp3) is 0.0833. The molecular formula is C12H12N2. The molecule has 0 aliphatic rings. The van der Waals surface area contributed by atoms with Crippen LogP contribution in [-0.2, 0) is 0 Å². The van der Waals surface area contributed by atoms with Crippen molar-refractivity contribution < 1.29 is 0 Å². The summed E-state index contributed by atoms with van der Waals surface area (Å²) in [5, 5.41) is 0. The number of H-pyrrole nitrogens is 1. The van der Waals surface area contributed by atoms with E-state index in [4.69, 9.17) is 0 Å². The van der Waals surface area contributed by atoms with Crippen LogP contribution in [0.4, 0.5) is 0 Å². The lowest BCUT2D eigenvalue weighted by atomic mass is 10.1. The Morgan fingerprint density at radius 1 is 1.29 bits per heavy atom. The molecule has 0 bridgehead atoms. The van der Waals surface area contributed by atoms with Gasteiger partial charge in [-0.25, -0.2) is 4.98 Å². The summed E-state index contributed by atoms with van der Waals surface area (Å²) in [5.74, 6) is 0.828. The molecule has 0 fully saturated rings. The molecule has 0 aliphatic heterocycles. The smallest absolute Gasteiger partial charge is 0.137 e. The van der Waals surface area contributed by atoms with Gasteiger partial charge in [0.05, 0.1) is 0 Å². The number of aromatic amines is 1. The van der Waals surface area contributed by atoms with Gasteiger partial charge in [0.15, 0.2) is 0 Å². The van der Waals surface area contributed by atoms with Crippen molar-refractivity contribution >= 4 is 5.57 Å². The van der Waals surface area contributed by atoms with E-state index >= 15 is 0 Å². The van der Waals surface area contributed by atoms with Gasteiger partial charge in [0.25, 0.3) is 0 Å². The summed E-state index contributed by atoms with van der Waals surface area (Å²) in [4.78, 5) is 7.20. The predicted molar refractivity (Wildman–Crippen MR) is 57.9 cm³/mol. The normalized spacial score (nSPS) is 10.1. The number of benzene rings is 1. The third-order valence-electron chi connectivity index (χ3n) is 2.18. The molecule has 2 aromatic rings. The molecule has 0 saturated carbocycles. The van der Waals surface area contributed by atoms with E-state index < -0.39 is 0 Å². The first-order valence-electron chi connectivity index (χ1n) is 4.53. The zero-order chi connectivity index (χ0) is 9.97. The highest BCUT2D eigenvalue weighted by molar-refractivity contribution is 5.74. The Labute approximate surface area is 83.3 Å². The van der Waals surface area contributed by atoms with Crippen molar-refractivity contribution in [1.29, 1.82) is 0 Å². The quantitative estimate of drug-likeness (QED) is 0.763. The van der Waals surface area contributed by atoms with E-state index in [9.17, 15) is 0 Å². The van der Waals surface area contributed by atoms with Gasteiger partial charge in [0.1, 0.15) is 5.82 Å². The molecule has 0 saturated heterocycles. The standard InChI is InChI=1S/C12H12N2/c1-9-3-5-11(6-4-9)10(2)12-13-7-8-14-12/h3-8H,2H2,1H3,(H,13,14). The summed E-state index contributed by atoms with van der Waals surface area (Å²) in [5.41, 5.74) is 3.28.